The molecule has 5 rings (SSSR count). The van der Waals surface area contributed by atoms with Crippen LogP contribution in [0.3, 0.4) is 0 Å². The molecule has 0 saturated heterocycles. The number of para-hydroxylation sites is 1. The fraction of sp³-hybridized carbons (Fsp3) is 0.432. The highest BCUT2D eigenvalue weighted by molar-refractivity contribution is 6.02. The quantitative estimate of drug-likeness (QED) is 0.0781. The molecule has 2 amide bonds. The van der Waals surface area contributed by atoms with Crippen molar-refractivity contribution in [3.05, 3.63) is 94.4 Å². The number of fused-ring (bicyclic) bond motifs is 3. The van der Waals surface area contributed by atoms with Gasteiger partial charge in [-0.25, -0.2) is 9.18 Å². The Morgan fingerprint density at radius 2 is 1.59 bits per heavy atom. The van der Waals surface area contributed by atoms with Crippen molar-refractivity contribution in [2.75, 3.05) is 12.4 Å². The Balaban J connectivity index is 1.52. The van der Waals surface area contributed by atoms with Gasteiger partial charge in [0.25, 0.3) is 0 Å². The van der Waals surface area contributed by atoms with Crippen molar-refractivity contribution in [3.8, 4) is 5.75 Å². The summed E-state index contributed by atoms with van der Waals surface area (Å²) in [5.41, 5.74) is -1.61. The predicted octanol–water partition coefficient (Wildman–Crippen LogP) is 8.50. The van der Waals surface area contributed by atoms with E-state index < -0.39 is 58.5 Å². The van der Waals surface area contributed by atoms with Crippen LogP contribution < -0.4 is 15.4 Å². The third-order valence-corrected chi connectivity index (χ3v) is 11.7. The number of Topliss-reactive ketones (excluding diaryl/α,β-unsaturated/α-hetero) is 2. The van der Waals surface area contributed by atoms with E-state index in [9.17, 15) is 46.6 Å². The number of aromatic carboxylic acids is 1. The van der Waals surface area contributed by atoms with Gasteiger partial charge in [0, 0.05) is 54.3 Å². The van der Waals surface area contributed by atoms with Gasteiger partial charge >= 0.3 is 12.1 Å². The SMILES string of the molecule is CCC(C)[C@H](CC(=O)[C@@]1(NC(=O)[C@@H](CC(=O)Cc2ccccc2F)C(C)CC)CCc2[nH]c3c(C(F)(F)F)cccc3c2C1)C(=O)Nc1ccc(OC)c(C(=O)O)c1. The lowest BCUT2D eigenvalue weighted by molar-refractivity contribution is -0.138. The molecule has 4 aromatic rings. The summed E-state index contributed by atoms with van der Waals surface area (Å²) in [6.07, 6.45) is -4.66. The second-order valence-electron chi connectivity index (χ2n) is 15.4. The molecule has 5 atom stereocenters. The third kappa shape index (κ3) is 9.43. The van der Waals surface area contributed by atoms with Crippen LogP contribution in [0.1, 0.15) is 92.5 Å². The lowest BCUT2D eigenvalue weighted by Crippen LogP contribution is -2.60. The van der Waals surface area contributed by atoms with Gasteiger partial charge in [0.05, 0.1) is 18.2 Å². The molecular weight excluding hydrogens is 758 g/mol. The molecule has 4 N–H and O–H groups in total. The number of carboxylic acids is 1. The van der Waals surface area contributed by atoms with Gasteiger partial charge in [-0.05, 0) is 66.1 Å². The van der Waals surface area contributed by atoms with Crippen LogP contribution in [0.4, 0.5) is 23.2 Å². The van der Waals surface area contributed by atoms with Crippen LogP contribution >= 0.6 is 0 Å². The molecule has 14 heteroatoms. The highest BCUT2D eigenvalue weighted by Crippen LogP contribution is 2.41. The van der Waals surface area contributed by atoms with Crippen LogP contribution in [0.2, 0.25) is 0 Å². The Hall–Kier alpha value is -5.53. The molecule has 1 aliphatic rings. The van der Waals surface area contributed by atoms with E-state index in [0.29, 0.717) is 24.1 Å². The molecule has 0 aliphatic heterocycles. The summed E-state index contributed by atoms with van der Waals surface area (Å²) in [5.74, 6) is -6.44. The first-order valence-electron chi connectivity index (χ1n) is 19.4. The molecule has 1 aromatic heterocycles. The maximum Gasteiger partial charge on any atom is 0.418 e. The van der Waals surface area contributed by atoms with Crippen LogP contribution in [-0.4, -0.2) is 52.1 Å². The number of rotatable bonds is 17. The monoisotopic (exact) mass is 807 g/mol. The Labute approximate surface area is 334 Å². The second-order valence-corrected chi connectivity index (χ2v) is 15.4. The van der Waals surface area contributed by atoms with Crippen molar-refractivity contribution in [2.45, 2.75) is 90.8 Å². The standard InChI is InChI=1S/C44H49F4N3O7/c1-6-24(3)30(21-28(52)19-26-11-8-9-14-35(26)45)41(55)51-43(18-17-36-33(23-43)29-12-10-13-34(39(29)50-36)44(46,47)48)38(53)22-31(25(4)7-2)40(54)49-27-15-16-37(58-5)32(20-27)42(56)57/h8-16,20,24-25,30-31,50H,6-7,17-19,21-23H2,1-5H3,(H,49,54)(H,51,55)(H,56,57)/t24?,25?,30-,31-,43+/m0/s1. The van der Waals surface area contributed by atoms with Crippen LogP contribution in [-0.2, 0) is 44.6 Å². The van der Waals surface area contributed by atoms with E-state index in [1.807, 2.05) is 13.8 Å². The van der Waals surface area contributed by atoms with Crippen LogP contribution in [0.25, 0.3) is 10.9 Å². The minimum Gasteiger partial charge on any atom is -0.496 e. The average Bonchev–Trinajstić information content (AvgIpc) is 3.56. The Morgan fingerprint density at radius 1 is 0.914 bits per heavy atom. The summed E-state index contributed by atoms with van der Waals surface area (Å²) in [6, 6.07) is 13.7. The zero-order valence-electron chi connectivity index (χ0n) is 33.1. The number of carbonyl (C=O) groups is 5. The smallest absolute Gasteiger partial charge is 0.418 e. The number of H-pyrrole nitrogens is 1. The number of hydrogen-bond acceptors (Lipinski definition) is 6. The number of carboxylic acid groups (broad SMARTS) is 1. The van der Waals surface area contributed by atoms with Crippen molar-refractivity contribution in [1.82, 2.24) is 10.3 Å². The number of hydrogen-bond donors (Lipinski definition) is 4. The molecule has 0 saturated carbocycles. The topological polar surface area (TPSA) is 155 Å². The van der Waals surface area contributed by atoms with Crippen molar-refractivity contribution in [2.24, 2.45) is 23.7 Å². The summed E-state index contributed by atoms with van der Waals surface area (Å²) < 4.78 is 62.0. The van der Waals surface area contributed by atoms with Crippen molar-refractivity contribution < 1.29 is 51.4 Å². The van der Waals surface area contributed by atoms with E-state index in [2.05, 4.69) is 15.6 Å². The fourth-order valence-corrected chi connectivity index (χ4v) is 7.88. The third-order valence-electron chi connectivity index (χ3n) is 11.7. The molecular formula is C44H49F4N3O7. The lowest BCUT2D eigenvalue weighted by atomic mass is 9.72. The predicted molar refractivity (Wildman–Crippen MR) is 210 cm³/mol. The molecule has 3 aromatic carbocycles. The summed E-state index contributed by atoms with van der Waals surface area (Å²) in [5, 5.41) is 15.7. The van der Waals surface area contributed by atoms with Gasteiger partial charge < -0.3 is 25.5 Å². The van der Waals surface area contributed by atoms with Crippen molar-refractivity contribution in [3.63, 3.8) is 0 Å². The summed E-state index contributed by atoms with van der Waals surface area (Å²) in [6.45, 7) is 7.28. The number of anilines is 1. The first-order valence-corrected chi connectivity index (χ1v) is 19.4. The number of ketones is 2. The molecule has 0 spiro atoms. The number of ether oxygens (including phenoxy) is 1. The largest absolute Gasteiger partial charge is 0.496 e. The zero-order chi connectivity index (χ0) is 42.5. The Bertz CT molecular complexity index is 2200. The fourth-order valence-electron chi connectivity index (χ4n) is 7.88. The molecule has 1 aliphatic carbocycles. The zero-order valence-corrected chi connectivity index (χ0v) is 33.1. The maximum absolute atomic E-state index is 14.9. The van der Waals surface area contributed by atoms with Gasteiger partial charge in [-0.1, -0.05) is 70.9 Å². The number of halogens is 4. The van der Waals surface area contributed by atoms with Crippen LogP contribution in [0, 0.1) is 29.5 Å². The molecule has 310 valence electrons. The molecule has 0 bridgehead atoms. The van der Waals surface area contributed by atoms with Gasteiger partial charge in [-0.3, -0.25) is 19.2 Å². The number of nitrogens with one attached hydrogen (secondary N) is 3. The molecule has 0 radical (unpaired) electrons. The van der Waals surface area contributed by atoms with E-state index >= 15 is 0 Å². The minimum absolute atomic E-state index is 0.00948. The minimum atomic E-state index is -4.67. The Morgan fingerprint density at radius 3 is 2.21 bits per heavy atom. The number of methoxy groups -OCH3 is 1. The Kier molecular flexibility index (Phi) is 13.5. The summed E-state index contributed by atoms with van der Waals surface area (Å²) >= 11 is 0. The molecule has 0 fully saturated rings. The van der Waals surface area contributed by atoms with Crippen molar-refractivity contribution in [1.29, 1.82) is 0 Å². The van der Waals surface area contributed by atoms with E-state index in [4.69, 9.17) is 4.74 Å². The first-order chi connectivity index (χ1) is 27.4. The van der Waals surface area contributed by atoms with Gasteiger partial charge in [-0.15, -0.1) is 0 Å². The number of aromatic nitrogens is 1. The van der Waals surface area contributed by atoms with Gasteiger partial charge in [-0.2, -0.15) is 13.2 Å². The van der Waals surface area contributed by atoms with E-state index in [0.717, 1.165) is 6.07 Å². The number of carbonyl (C=O) groups excluding carboxylic acids is 4. The van der Waals surface area contributed by atoms with Crippen molar-refractivity contribution >= 4 is 45.9 Å². The van der Waals surface area contributed by atoms with E-state index in [-0.39, 0.29) is 89.6 Å². The summed E-state index contributed by atoms with van der Waals surface area (Å²) in [4.78, 5) is 71.6. The van der Waals surface area contributed by atoms with Gasteiger partial charge in [0.1, 0.15) is 28.5 Å². The van der Waals surface area contributed by atoms with E-state index in [1.54, 1.807) is 19.9 Å². The maximum atomic E-state index is 14.9. The molecule has 10 nitrogen and oxygen atoms in total. The lowest BCUT2D eigenvalue weighted by Gasteiger charge is -2.39. The molecule has 58 heavy (non-hydrogen) atoms. The number of aromatic amines is 1. The number of amides is 2. The van der Waals surface area contributed by atoms with E-state index in [1.165, 1.54) is 55.6 Å². The van der Waals surface area contributed by atoms with Crippen LogP contribution in [0.5, 0.6) is 5.75 Å². The number of benzene rings is 3. The molecule has 2 unspecified atom stereocenters. The first kappa shape index (κ1) is 43.6. The van der Waals surface area contributed by atoms with Gasteiger partial charge in [0.2, 0.25) is 11.8 Å². The van der Waals surface area contributed by atoms with Crippen LogP contribution in [0.15, 0.2) is 60.7 Å². The highest BCUT2D eigenvalue weighted by Gasteiger charge is 2.47. The second kappa shape index (κ2) is 17.9. The average molecular weight is 808 g/mol. The molecule has 1 heterocycles. The van der Waals surface area contributed by atoms with Gasteiger partial charge in [0.15, 0.2) is 5.78 Å². The number of alkyl halides is 3. The normalized spacial score (nSPS) is 17.4. The summed E-state index contributed by atoms with van der Waals surface area (Å²) in [7, 11) is 1.31. The highest BCUT2D eigenvalue weighted by atomic mass is 19.4. The number of aryl methyl sites for hydroxylation is 1.